The third-order valence-corrected chi connectivity index (χ3v) is 3.45. The average molecular weight is 335 g/mol. The van der Waals surface area contributed by atoms with Crippen LogP contribution in [-0.2, 0) is 0 Å². The third kappa shape index (κ3) is 4.08. The zero-order chi connectivity index (χ0) is 17.5. The SMILES string of the molecule is COc1ccc(-c2cnnc(N/N=C/c3ccccc3OC)n2)cc1. The van der Waals surface area contributed by atoms with Gasteiger partial charge in [-0.25, -0.2) is 10.4 Å². The van der Waals surface area contributed by atoms with Crippen molar-refractivity contribution in [2.45, 2.75) is 0 Å². The van der Waals surface area contributed by atoms with Crippen molar-refractivity contribution < 1.29 is 9.47 Å². The van der Waals surface area contributed by atoms with E-state index in [0.717, 1.165) is 22.6 Å². The van der Waals surface area contributed by atoms with E-state index in [1.165, 1.54) is 0 Å². The zero-order valence-corrected chi connectivity index (χ0v) is 13.9. The first-order chi connectivity index (χ1) is 12.3. The van der Waals surface area contributed by atoms with Gasteiger partial charge in [0.1, 0.15) is 11.5 Å². The number of nitrogens with one attached hydrogen (secondary N) is 1. The minimum Gasteiger partial charge on any atom is -0.497 e. The molecule has 0 bridgehead atoms. The highest BCUT2D eigenvalue weighted by Gasteiger charge is 2.03. The smallest absolute Gasteiger partial charge is 0.263 e. The Hall–Kier alpha value is -3.48. The largest absolute Gasteiger partial charge is 0.497 e. The summed E-state index contributed by atoms with van der Waals surface area (Å²) in [7, 11) is 3.24. The fourth-order valence-corrected chi connectivity index (χ4v) is 2.18. The van der Waals surface area contributed by atoms with Gasteiger partial charge >= 0.3 is 0 Å². The molecular formula is C18H17N5O2. The van der Waals surface area contributed by atoms with E-state index in [1.54, 1.807) is 26.6 Å². The Morgan fingerprint density at radius 1 is 1.00 bits per heavy atom. The van der Waals surface area contributed by atoms with Crippen molar-refractivity contribution in [3.63, 3.8) is 0 Å². The second-order valence-corrected chi connectivity index (χ2v) is 5.01. The number of nitrogens with zero attached hydrogens (tertiary/aromatic N) is 4. The summed E-state index contributed by atoms with van der Waals surface area (Å²) in [4.78, 5) is 4.40. The molecule has 0 fully saturated rings. The van der Waals surface area contributed by atoms with Gasteiger partial charge in [0.15, 0.2) is 0 Å². The van der Waals surface area contributed by atoms with Crippen LogP contribution in [0.3, 0.4) is 0 Å². The molecule has 7 nitrogen and oxygen atoms in total. The summed E-state index contributed by atoms with van der Waals surface area (Å²) in [5.41, 5.74) is 5.22. The molecule has 1 aromatic heterocycles. The van der Waals surface area contributed by atoms with E-state index >= 15 is 0 Å². The van der Waals surface area contributed by atoms with Crippen molar-refractivity contribution in [3.8, 4) is 22.8 Å². The number of para-hydroxylation sites is 1. The van der Waals surface area contributed by atoms with Crippen LogP contribution >= 0.6 is 0 Å². The van der Waals surface area contributed by atoms with Gasteiger partial charge in [0.05, 0.1) is 32.3 Å². The molecule has 7 heteroatoms. The minimum absolute atomic E-state index is 0.305. The van der Waals surface area contributed by atoms with Gasteiger partial charge in [-0.15, -0.1) is 5.10 Å². The summed E-state index contributed by atoms with van der Waals surface area (Å²) in [6.45, 7) is 0. The van der Waals surface area contributed by atoms with E-state index < -0.39 is 0 Å². The number of hydrogen-bond donors (Lipinski definition) is 1. The van der Waals surface area contributed by atoms with Crippen molar-refractivity contribution in [2.24, 2.45) is 5.10 Å². The Morgan fingerprint density at radius 2 is 1.80 bits per heavy atom. The lowest BCUT2D eigenvalue weighted by Gasteiger charge is -2.04. The maximum atomic E-state index is 5.27. The van der Waals surface area contributed by atoms with Crippen molar-refractivity contribution in [1.29, 1.82) is 0 Å². The molecule has 0 unspecified atom stereocenters. The lowest BCUT2D eigenvalue weighted by Crippen LogP contribution is -2.00. The Balaban J connectivity index is 1.74. The van der Waals surface area contributed by atoms with Gasteiger partial charge < -0.3 is 9.47 Å². The van der Waals surface area contributed by atoms with Gasteiger partial charge in [0.2, 0.25) is 0 Å². The lowest BCUT2D eigenvalue weighted by molar-refractivity contribution is 0.414. The molecule has 1 N–H and O–H groups in total. The average Bonchev–Trinajstić information content (AvgIpc) is 2.69. The fraction of sp³-hybridized carbons (Fsp3) is 0.111. The van der Waals surface area contributed by atoms with Crippen LogP contribution in [0.5, 0.6) is 11.5 Å². The zero-order valence-electron chi connectivity index (χ0n) is 13.9. The third-order valence-electron chi connectivity index (χ3n) is 3.45. The number of rotatable bonds is 6. The maximum absolute atomic E-state index is 5.27. The highest BCUT2D eigenvalue weighted by molar-refractivity contribution is 5.83. The molecule has 126 valence electrons. The van der Waals surface area contributed by atoms with Crippen molar-refractivity contribution >= 4 is 12.2 Å². The number of benzene rings is 2. The van der Waals surface area contributed by atoms with Crippen molar-refractivity contribution in [3.05, 3.63) is 60.3 Å². The Bertz CT molecular complexity index is 865. The first-order valence-electron chi connectivity index (χ1n) is 7.56. The number of aromatic nitrogens is 3. The summed E-state index contributed by atoms with van der Waals surface area (Å²) < 4.78 is 10.4. The van der Waals surface area contributed by atoms with Gasteiger partial charge in [-0.05, 0) is 36.4 Å². The first-order valence-corrected chi connectivity index (χ1v) is 7.56. The van der Waals surface area contributed by atoms with E-state index in [2.05, 4.69) is 25.7 Å². The maximum Gasteiger partial charge on any atom is 0.263 e. The van der Waals surface area contributed by atoms with E-state index in [1.807, 2.05) is 48.5 Å². The number of hydrogen-bond acceptors (Lipinski definition) is 7. The summed E-state index contributed by atoms with van der Waals surface area (Å²) in [6.07, 6.45) is 3.24. The summed E-state index contributed by atoms with van der Waals surface area (Å²) in [6, 6.07) is 15.1. The number of methoxy groups -OCH3 is 2. The Labute approximate surface area is 145 Å². The highest BCUT2D eigenvalue weighted by atomic mass is 16.5. The number of hydrazone groups is 1. The van der Waals surface area contributed by atoms with E-state index in [-0.39, 0.29) is 0 Å². The summed E-state index contributed by atoms with van der Waals surface area (Å²) in [5.74, 6) is 1.82. The van der Waals surface area contributed by atoms with Crippen LogP contribution in [0.15, 0.2) is 59.8 Å². The normalized spacial score (nSPS) is 10.6. The topological polar surface area (TPSA) is 81.5 Å². The molecule has 0 saturated heterocycles. The lowest BCUT2D eigenvalue weighted by atomic mass is 10.1. The molecule has 0 spiro atoms. The van der Waals surface area contributed by atoms with Crippen LogP contribution in [0.4, 0.5) is 5.95 Å². The molecule has 0 amide bonds. The van der Waals surface area contributed by atoms with Crippen LogP contribution < -0.4 is 14.9 Å². The molecular weight excluding hydrogens is 318 g/mol. The van der Waals surface area contributed by atoms with Gasteiger partial charge in [0, 0.05) is 11.1 Å². The summed E-state index contributed by atoms with van der Waals surface area (Å²) in [5, 5.41) is 12.0. The van der Waals surface area contributed by atoms with Gasteiger partial charge in [-0.3, -0.25) is 0 Å². The van der Waals surface area contributed by atoms with Crippen LogP contribution in [-0.4, -0.2) is 35.6 Å². The first kappa shape index (κ1) is 16.4. The number of anilines is 1. The van der Waals surface area contributed by atoms with Gasteiger partial charge in [-0.2, -0.15) is 10.2 Å². The van der Waals surface area contributed by atoms with Crippen LogP contribution in [0, 0.1) is 0 Å². The molecule has 0 atom stereocenters. The van der Waals surface area contributed by atoms with Crippen LogP contribution in [0.25, 0.3) is 11.3 Å². The Morgan fingerprint density at radius 3 is 2.56 bits per heavy atom. The number of ether oxygens (including phenoxy) is 2. The van der Waals surface area contributed by atoms with Crippen molar-refractivity contribution in [1.82, 2.24) is 15.2 Å². The molecule has 3 aromatic rings. The molecule has 0 saturated carbocycles. The molecule has 3 rings (SSSR count). The second kappa shape index (κ2) is 7.87. The Kier molecular flexibility index (Phi) is 5.16. The molecule has 2 aromatic carbocycles. The second-order valence-electron chi connectivity index (χ2n) is 5.01. The van der Waals surface area contributed by atoms with Crippen LogP contribution in [0.2, 0.25) is 0 Å². The predicted molar refractivity (Wildman–Crippen MR) is 96.0 cm³/mol. The molecule has 0 radical (unpaired) electrons. The van der Waals surface area contributed by atoms with E-state index in [4.69, 9.17) is 9.47 Å². The molecule has 0 aliphatic heterocycles. The van der Waals surface area contributed by atoms with E-state index in [9.17, 15) is 0 Å². The molecule has 1 heterocycles. The molecule has 0 aliphatic carbocycles. The quantitative estimate of drug-likeness (QED) is 0.551. The monoisotopic (exact) mass is 335 g/mol. The van der Waals surface area contributed by atoms with Gasteiger partial charge in [-0.1, -0.05) is 12.1 Å². The molecule has 0 aliphatic rings. The predicted octanol–water partition coefficient (Wildman–Crippen LogP) is 3.00. The summed E-state index contributed by atoms with van der Waals surface area (Å²) >= 11 is 0. The molecule has 25 heavy (non-hydrogen) atoms. The highest BCUT2D eigenvalue weighted by Crippen LogP contribution is 2.20. The minimum atomic E-state index is 0.305. The standard InChI is InChI=1S/C18H17N5O2/c1-24-15-9-7-13(8-10-15)16-12-20-23-18(21-16)22-19-11-14-5-3-4-6-17(14)25-2/h3-12H,1-2H3,(H,21,22,23)/b19-11+. The fourth-order valence-electron chi connectivity index (χ4n) is 2.18. The van der Waals surface area contributed by atoms with E-state index in [0.29, 0.717) is 11.6 Å². The van der Waals surface area contributed by atoms with Gasteiger partial charge in [0.25, 0.3) is 5.95 Å². The van der Waals surface area contributed by atoms with Crippen LogP contribution in [0.1, 0.15) is 5.56 Å². The van der Waals surface area contributed by atoms with Crippen molar-refractivity contribution in [2.75, 3.05) is 19.6 Å².